The van der Waals surface area contributed by atoms with Crippen molar-refractivity contribution in [1.82, 2.24) is 10.2 Å². The van der Waals surface area contributed by atoms with Gasteiger partial charge in [0, 0.05) is 15.7 Å². The maximum absolute atomic E-state index is 12.2. The summed E-state index contributed by atoms with van der Waals surface area (Å²) in [5, 5.41) is 14.0. The second-order valence-corrected chi connectivity index (χ2v) is 6.95. The van der Waals surface area contributed by atoms with Crippen LogP contribution in [0, 0.1) is 6.92 Å². The fourth-order valence-corrected chi connectivity index (χ4v) is 2.15. The molecule has 0 aliphatic carbocycles. The van der Waals surface area contributed by atoms with Crippen molar-refractivity contribution in [3.05, 3.63) is 46.1 Å². The highest BCUT2D eigenvalue weighted by Crippen LogP contribution is 2.21. The highest BCUT2D eigenvalue weighted by Gasteiger charge is 2.13. The van der Waals surface area contributed by atoms with E-state index in [0.717, 1.165) is 10.0 Å². The number of aromatic nitrogens is 2. The summed E-state index contributed by atoms with van der Waals surface area (Å²) in [5.74, 6) is 0.354. The molecule has 0 aliphatic heterocycles. The van der Waals surface area contributed by atoms with Crippen LogP contribution < -0.4 is 10.6 Å². The lowest BCUT2D eigenvalue weighted by Crippen LogP contribution is -2.27. The number of hydrogen-bond acceptors (Lipinski definition) is 4. The Kier molecular flexibility index (Phi) is 4.81. The molecule has 0 saturated carbocycles. The Morgan fingerprint density at radius 2 is 1.86 bits per heavy atom. The number of halogens is 1. The first-order valence-electron chi connectivity index (χ1n) is 6.94. The molecule has 1 aromatic carbocycles. The minimum absolute atomic E-state index is 0.105. The van der Waals surface area contributed by atoms with Gasteiger partial charge in [-0.3, -0.25) is 4.79 Å². The summed E-state index contributed by atoms with van der Waals surface area (Å²) in [6, 6.07) is 9.04. The van der Waals surface area contributed by atoms with E-state index in [1.54, 1.807) is 12.1 Å². The van der Waals surface area contributed by atoms with Crippen LogP contribution in [0.2, 0.25) is 0 Å². The van der Waals surface area contributed by atoms with Gasteiger partial charge < -0.3 is 10.6 Å². The van der Waals surface area contributed by atoms with Crippen molar-refractivity contribution >= 4 is 33.3 Å². The molecule has 116 valence electrons. The van der Waals surface area contributed by atoms with Crippen LogP contribution in [0.5, 0.6) is 0 Å². The van der Waals surface area contributed by atoms with Gasteiger partial charge >= 0.3 is 0 Å². The SMILES string of the molecule is Cc1ccc(NC(=O)c2ccc(NC(C)(C)C)nn2)cc1Br. The number of nitrogens with zero attached hydrogens (tertiary/aromatic N) is 2. The molecule has 5 nitrogen and oxygen atoms in total. The van der Waals surface area contributed by atoms with Crippen LogP contribution in [0.25, 0.3) is 0 Å². The van der Waals surface area contributed by atoms with E-state index in [9.17, 15) is 4.79 Å². The molecule has 0 spiro atoms. The van der Waals surface area contributed by atoms with Crippen molar-refractivity contribution < 1.29 is 4.79 Å². The van der Waals surface area contributed by atoms with E-state index in [2.05, 4.69) is 36.8 Å². The Morgan fingerprint density at radius 1 is 1.14 bits per heavy atom. The highest BCUT2D eigenvalue weighted by atomic mass is 79.9. The number of carbonyl (C=O) groups is 1. The monoisotopic (exact) mass is 362 g/mol. The van der Waals surface area contributed by atoms with E-state index in [0.29, 0.717) is 11.5 Å². The van der Waals surface area contributed by atoms with Crippen LogP contribution in [0.1, 0.15) is 36.8 Å². The fourth-order valence-electron chi connectivity index (χ4n) is 1.77. The second kappa shape index (κ2) is 6.44. The zero-order valence-electron chi connectivity index (χ0n) is 13.1. The molecule has 0 aliphatic rings. The number of rotatable bonds is 3. The zero-order chi connectivity index (χ0) is 16.3. The van der Waals surface area contributed by atoms with E-state index in [4.69, 9.17) is 0 Å². The van der Waals surface area contributed by atoms with E-state index in [1.807, 2.05) is 45.9 Å². The number of aryl methyl sites for hydroxylation is 1. The largest absolute Gasteiger partial charge is 0.364 e. The van der Waals surface area contributed by atoms with Crippen LogP contribution >= 0.6 is 15.9 Å². The van der Waals surface area contributed by atoms with E-state index < -0.39 is 0 Å². The van der Waals surface area contributed by atoms with Crippen molar-refractivity contribution in [1.29, 1.82) is 0 Å². The maximum atomic E-state index is 12.2. The van der Waals surface area contributed by atoms with E-state index in [-0.39, 0.29) is 17.1 Å². The third-order valence-electron chi connectivity index (χ3n) is 2.83. The van der Waals surface area contributed by atoms with Crippen molar-refractivity contribution in [2.24, 2.45) is 0 Å². The predicted octanol–water partition coefficient (Wildman–Crippen LogP) is 4.01. The standard InChI is InChI=1S/C16H19BrN4O/c1-10-5-6-11(9-12(10)17)18-15(22)13-7-8-14(21-20-13)19-16(2,3)4/h5-9H,1-4H3,(H,18,22)(H,19,21). The number of amides is 1. The van der Waals surface area contributed by atoms with Gasteiger partial charge in [0.1, 0.15) is 5.82 Å². The molecule has 2 aromatic rings. The quantitative estimate of drug-likeness (QED) is 0.865. The van der Waals surface area contributed by atoms with Gasteiger partial charge in [-0.05, 0) is 57.5 Å². The van der Waals surface area contributed by atoms with Crippen LogP contribution in [0.3, 0.4) is 0 Å². The maximum Gasteiger partial charge on any atom is 0.276 e. The van der Waals surface area contributed by atoms with Gasteiger partial charge in [-0.25, -0.2) is 0 Å². The molecule has 2 N–H and O–H groups in total. The zero-order valence-corrected chi connectivity index (χ0v) is 14.7. The number of benzene rings is 1. The Balaban J connectivity index is 2.08. The Labute approximate surface area is 138 Å². The molecule has 0 radical (unpaired) electrons. The number of anilines is 2. The van der Waals surface area contributed by atoms with Crippen LogP contribution in [0.4, 0.5) is 11.5 Å². The Morgan fingerprint density at radius 3 is 2.41 bits per heavy atom. The molecule has 0 bridgehead atoms. The lowest BCUT2D eigenvalue weighted by molar-refractivity contribution is 0.102. The van der Waals surface area contributed by atoms with Crippen molar-refractivity contribution in [2.75, 3.05) is 10.6 Å². The summed E-state index contributed by atoms with van der Waals surface area (Å²) < 4.78 is 0.945. The minimum Gasteiger partial charge on any atom is -0.364 e. The fraction of sp³-hybridized carbons (Fsp3) is 0.312. The molecule has 6 heteroatoms. The summed E-state index contributed by atoms with van der Waals surface area (Å²) in [4.78, 5) is 12.2. The van der Waals surface area contributed by atoms with Crippen molar-refractivity contribution in [2.45, 2.75) is 33.2 Å². The van der Waals surface area contributed by atoms with Gasteiger partial charge in [0.25, 0.3) is 5.91 Å². The first-order chi connectivity index (χ1) is 10.2. The van der Waals surface area contributed by atoms with Crippen LogP contribution in [0.15, 0.2) is 34.8 Å². The summed E-state index contributed by atoms with van der Waals surface area (Å²) >= 11 is 3.44. The van der Waals surface area contributed by atoms with Gasteiger partial charge in [-0.1, -0.05) is 22.0 Å². The van der Waals surface area contributed by atoms with E-state index >= 15 is 0 Å². The van der Waals surface area contributed by atoms with Gasteiger partial charge in [0.15, 0.2) is 5.69 Å². The van der Waals surface area contributed by atoms with Gasteiger partial charge in [0.05, 0.1) is 0 Å². The van der Waals surface area contributed by atoms with Gasteiger partial charge in [-0.15, -0.1) is 10.2 Å². The molecule has 22 heavy (non-hydrogen) atoms. The topological polar surface area (TPSA) is 66.9 Å². The second-order valence-electron chi connectivity index (χ2n) is 6.10. The number of carbonyl (C=O) groups excluding carboxylic acids is 1. The first kappa shape index (κ1) is 16.4. The summed E-state index contributed by atoms with van der Waals surface area (Å²) in [6.45, 7) is 8.09. The van der Waals surface area contributed by atoms with Crippen LogP contribution in [-0.4, -0.2) is 21.6 Å². The lowest BCUT2D eigenvalue weighted by Gasteiger charge is -2.20. The molecule has 0 saturated heterocycles. The van der Waals surface area contributed by atoms with Crippen molar-refractivity contribution in [3.8, 4) is 0 Å². The Hall–Kier alpha value is -1.95. The smallest absolute Gasteiger partial charge is 0.276 e. The average molecular weight is 363 g/mol. The molecule has 1 aromatic heterocycles. The normalized spacial score (nSPS) is 11.1. The summed E-state index contributed by atoms with van der Waals surface area (Å²) in [6.07, 6.45) is 0. The van der Waals surface area contributed by atoms with Crippen LogP contribution in [-0.2, 0) is 0 Å². The molecular formula is C16H19BrN4O. The molecule has 0 atom stereocenters. The molecule has 1 heterocycles. The Bertz CT molecular complexity index is 678. The molecule has 2 rings (SSSR count). The van der Waals surface area contributed by atoms with Gasteiger partial charge in [-0.2, -0.15) is 0 Å². The summed E-state index contributed by atoms with van der Waals surface area (Å²) in [5.41, 5.74) is 1.99. The van der Waals surface area contributed by atoms with Crippen molar-refractivity contribution in [3.63, 3.8) is 0 Å². The minimum atomic E-state index is -0.287. The molecule has 0 fully saturated rings. The van der Waals surface area contributed by atoms with Gasteiger partial charge in [0.2, 0.25) is 0 Å². The van der Waals surface area contributed by atoms with E-state index in [1.165, 1.54) is 0 Å². The first-order valence-corrected chi connectivity index (χ1v) is 7.73. The number of nitrogens with one attached hydrogen (secondary N) is 2. The molecule has 0 unspecified atom stereocenters. The lowest BCUT2D eigenvalue weighted by atomic mass is 10.1. The average Bonchev–Trinajstić information content (AvgIpc) is 2.42. The third-order valence-corrected chi connectivity index (χ3v) is 3.68. The molecule has 1 amide bonds. The molecular weight excluding hydrogens is 344 g/mol. The predicted molar refractivity (Wildman–Crippen MR) is 92.2 cm³/mol. The number of hydrogen-bond donors (Lipinski definition) is 2. The summed E-state index contributed by atoms with van der Waals surface area (Å²) in [7, 11) is 0. The highest BCUT2D eigenvalue weighted by molar-refractivity contribution is 9.10. The third kappa shape index (κ3) is 4.53.